The Morgan fingerprint density at radius 2 is 1.86 bits per heavy atom. The van der Waals surface area contributed by atoms with Crippen LogP contribution in [-0.2, 0) is 4.74 Å². The van der Waals surface area contributed by atoms with E-state index in [1.165, 1.54) is 4.68 Å². The van der Waals surface area contributed by atoms with Crippen molar-refractivity contribution in [3.05, 3.63) is 54.1 Å². The van der Waals surface area contributed by atoms with Gasteiger partial charge in [-0.25, -0.2) is 0 Å². The van der Waals surface area contributed by atoms with Crippen LogP contribution in [0.4, 0.5) is 0 Å². The summed E-state index contributed by atoms with van der Waals surface area (Å²) in [5.41, 5.74) is 1.90. The number of nitrogens with zero attached hydrogens (tertiary/aromatic N) is 3. The van der Waals surface area contributed by atoms with Gasteiger partial charge in [-0.2, -0.15) is 4.68 Å². The summed E-state index contributed by atoms with van der Waals surface area (Å²) in [7, 11) is 1.62. The maximum atomic E-state index is 12.5. The first-order chi connectivity index (χ1) is 10.8. The molecule has 0 amide bonds. The number of methoxy groups -OCH3 is 1. The van der Waals surface area contributed by atoms with Crippen LogP contribution in [0.25, 0.3) is 11.0 Å². The van der Waals surface area contributed by atoms with Gasteiger partial charge in [-0.1, -0.05) is 17.3 Å². The number of hydrogen-bond acceptors (Lipinski definition) is 5. The average molecular weight is 297 g/mol. The molecule has 0 saturated heterocycles. The van der Waals surface area contributed by atoms with E-state index < -0.39 is 0 Å². The minimum Gasteiger partial charge on any atom is -0.491 e. The van der Waals surface area contributed by atoms with Crippen LogP contribution in [-0.4, -0.2) is 41.2 Å². The SMILES string of the molecule is COCCOc1ccc(C(=O)n2nnc3ccccc32)cc1. The molecule has 6 heteroatoms. The van der Waals surface area contributed by atoms with Crippen LogP contribution in [0.1, 0.15) is 10.4 Å². The van der Waals surface area contributed by atoms with Gasteiger partial charge in [-0.15, -0.1) is 5.10 Å². The van der Waals surface area contributed by atoms with Gasteiger partial charge in [0.1, 0.15) is 17.9 Å². The molecule has 0 spiro atoms. The summed E-state index contributed by atoms with van der Waals surface area (Å²) in [5, 5.41) is 7.91. The lowest BCUT2D eigenvalue weighted by atomic mass is 10.2. The molecule has 112 valence electrons. The van der Waals surface area contributed by atoms with Crippen molar-refractivity contribution in [2.75, 3.05) is 20.3 Å². The van der Waals surface area contributed by atoms with Gasteiger partial charge in [0.05, 0.1) is 12.1 Å². The second-order valence-electron chi connectivity index (χ2n) is 4.66. The molecule has 1 heterocycles. The van der Waals surface area contributed by atoms with E-state index in [-0.39, 0.29) is 5.91 Å². The smallest absolute Gasteiger partial charge is 0.280 e. The van der Waals surface area contributed by atoms with Crippen molar-refractivity contribution in [1.29, 1.82) is 0 Å². The fourth-order valence-electron chi connectivity index (χ4n) is 2.08. The highest BCUT2D eigenvalue weighted by molar-refractivity contribution is 6.00. The Kier molecular flexibility index (Phi) is 4.11. The third kappa shape index (κ3) is 2.82. The number of para-hydroxylation sites is 1. The van der Waals surface area contributed by atoms with Crippen LogP contribution >= 0.6 is 0 Å². The normalized spacial score (nSPS) is 10.8. The molecular weight excluding hydrogens is 282 g/mol. The average Bonchev–Trinajstić information content (AvgIpc) is 2.99. The number of fused-ring (bicyclic) bond motifs is 1. The molecule has 3 aromatic rings. The van der Waals surface area contributed by atoms with E-state index in [0.29, 0.717) is 35.6 Å². The van der Waals surface area contributed by atoms with Crippen LogP contribution in [0.2, 0.25) is 0 Å². The fourth-order valence-corrected chi connectivity index (χ4v) is 2.08. The van der Waals surface area contributed by atoms with Crippen molar-refractivity contribution < 1.29 is 14.3 Å². The van der Waals surface area contributed by atoms with E-state index >= 15 is 0 Å². The second kappa shape index (κ2) is 6.36. The van der Waals surface area contributed by atoms with Gasteiger partial charge in [0, 0.05) is 12.7 Å². The monoisotopic (exact) mass is 297 g/mol. The zero-order chi connectivity index (χ0) is 15.4. The summed E-state index contributed by atoms with van der Waals surface area (Å²) in [6.45, 7) is 0.989. The molecule has 0 aliphatic rings. The summed E-state index contributed by atoms with van der Waals surface area (Å²) in [6.07, 6.45) is 0. The lowest BCUT2D eigenvalue weighted by Gasteiger charge is -2.06. The zero-order valence-electron chi connectivity index (χ0n) is 12.1. The largest absolute Gasteiger partial charge is 0.491 e. The van der Waals surface area contributed by atoms with Crippen molar-refractivity contribution in [3.63, 3.8) is 0 Å². The van der Waals surface area contributed by atoms with E-state index in [1.54, 1.807) is 31.4 Å². The minimum atomic E-state index is -0.225. The van der Waals surface area contributed by atoms with Crippen molar-refractivity contribution in [2.45, 2.75) is 0 Å². The van der Waals surface area contributed by atoms with Gasteiger partial charge in [0.25, 0.3) is 5.91 Å². The van der Waals surface area contributed by atoms with Gasteiger partial charge in [0.15, 0.2) is 0 Å². The van der Waals surface area contributed by atoms with Gasteiger partial charge in [-0.3, -0.25) is 4.79 Å². The lowest BCUT2D eigenvalue weighted by molar-refractivity contribution is 0.0948. The molecular formula is C16H15N3O3. The van der Waals surface area contributed by atoms with Gasteiger partial charge in [0.2, 0.25) is 0 Å². The second-order valence-corrected chi connectivity index (χ2v) is 4.66. The molecule has 0 bridgehead atoms. The highest BCUT2D eigenvalue weighted by Gasteiger charge is 2.13. The molecule has 0 saturated carbocycles. The van der Waals surface area contributed by atoms with Crippen LogP contribution in [0.5, 0.6) is 5.75 Å². The summed E-state index contributed by atoms with van der Waals surface area (Å²) >= 11 is 0. The maximum absolute atomic E-state index is 12.5. The molecule has 22 heavy (non-hydrogen) atoms. The lowest BCUT2D eigenvalue weighted by Crippen LogP contribution is -2.13. The number of carbonyl (C=O) groups excluding carboxylic acids is 1. The molecule has 3 rings (SSSR count). The Bertz CT molecular complexity index is 781. The quantitative estimate of drug-likeness (QED) is 0.675. The van der Waals surface area contributed by atoms with Gasteiger partial charge >= 0.3 is 0 Å². The third-order valence-electron chi connectivity index (χ3n) is 3.20. The van der Waals surface area contributed by atoms with Crippen molar-refractivity contribution in [1.82, 2.24) is 15.0 Å². The number of ether oxygens (including phenoxy) is 2. The van der Waals surface area contributed by atoms with Crippen LogP contribution < -0.4 is 4.74 Å². The van der Waals surface area contributed by atoms with E-state index in [4.69, 9.17) is 9.47 Å². The summed E-state index contributed by atoms with van der Waals surface area (Å²) in [4.78, 5) is 12.5. The molecule has 2 aromatic carbocycles. The van der Waals surface area contributed by atoms with E-state index in [1.807, 2.05) is 24.3 Å². The van der Waals surface area contributed by atoms with E-state index in [9.17, 15) is 4.79 Å². The Hall–Kier alpha value is -2.73. The molecule has 0 aliphatic carbocycles. The zero-order valence-corrected chi connectivity index (χ0v) is 12.1. The first kappa shape index (κ1) is 14.2. The molecule has 0 fully saturated rings. The third-order valence-corrected chi connectivity index (χ3v) is 3.20. The molecule has 1 aromatic heterocycles. The molecule has 0 radical (unpaired) electrons. The maximum Gasteiger partial charge on any atom is 0.280 e. The predicted molar refractivity (Wildman–Crippen MR) is 81.1 cm³/mol. The van der Waals surface area contributed by atoms with E-state index in [0.717, 1.165) is 0 Å². The molecule has 0 N–H and O–H groups in total. The Morgan fingerprint density at radius 3 is 2.64 bits per heavy atom. The fraction of sp³-hybridized carbons (Fsp3) is 0.188. The molecule has 0 atom stereocenters. The number of carbonyl (C=O) groups is 1. The Labute approximate surface area is 127 Å². The van der Waals surface area contributed by atoms with Crippen LogP contribution in [0.3, 0.4) is 0 Å². The number of aromatic nitrogens is 3. The number of hydrogen-bond donors (Lipinski definition) is 0. The van der Waals surface area contributed by atoms with Crippen molar-refractivity contribution >= 4 is 16.9 Å². The highest BCUT2D eigenvalue weighted by Crippen LogP contribution is 2.15. The number of benzene rings is 2. The van der Waals surface area contributed by atoms with Crippen molar-refractivity contribution in [2.24, 2.45) is 0 Å². The first-order valence-electron chi connectivity index (χ1n) is 6.86. The van der Waals surface area contributed by atoms with Gasteiger partial charge < -0.3 is 9.47 Å². The topological polar surface area (TPSA) is 66.2 Å². The molecule has 6 nitrogen and oxygen atoms in total. The van der Waals surface area contributed by atoms with Crippen molar-refractivity contribution in [3.8, 4) is 5.75 Å². The summed E-state index contributed by atoms with van der Waals surface area (Å²) < 4.78 is 11.7. The first-order valence-corrected chi connectivity index (χ1v) is 6.86. The molecule has 0 unspecified atom stereocenters. The summed E-state index contributed by atoms with van der Waals surface area (Å²) in [6, 6.07) is 14.3. The van der Waals surface area contributed by atoms with Crippen LogP contribution in [0.15, 0.2) is 48.5 Å². The predicted octanol–water partition coefficient (Wildman–Crippen LogP) is 2.15. The summed E-state index contributed by atoms with van der Waals surface area (Å²) in [5.74, 6) is 0.467. The van der Waals surface area contributed by atoms with Gasteiger partial charge in [-0.05, 0) is 36.4 Å². The highest BCUT2D eigenvalue weighted by atomic mass is 16.5. The van der Waals surface area contributed by atoms with Crippen LogP contribution in [0, 0.1) is 0 Å². The van der Waals surface area contributed by atoms with E-state index in [2.05, 4.69) is 10.3 Å². The Morgan fingerprint density at radius 1 is 1.09 bits per heavy atom. The standard InChI is InChI=1S/C16H15N3O3/c1-21-10-11-22-13-8-6-12(7-9-13)16(20)19-15-5-3-2-4-14(15)17-18-19/h2-9H,10-11H2,1H3. The minimum absolute atomic E-state index is 0.225. The number of rotatable bonds is 5. The molecule has 0 aliphatic heterocycles. The Balaban J connectivity index is 1.80.